The lowest BCUT2D eigenvalue weighted by atomic mass is 10.0. The monoisotopic (exact) mass is 494 g/mol. The van der Waals surface area contributed by atoms with E-state index in [2.05, 4.69) is 15.0 Å². The number of halogens is 4. The third kappa shape index (κ3) is 4.30. The van der Waals surface area contributed by atoms with E-state index in [4.69, 9.17) is 5.73 Å². The van der Waals surface area contributed by atoms with Crippen LogP contribution in [0.5, 0.6) is 0 Å². The van der Waals surface area contributed by atoms with Crippen molar-refractivity contribution < 1.29 is 22.4 Å². The zero-order chi connectivity index (χ0) is 25.6. The molecule has 0 atom stereocenters. The number of benzene rings is 2. The van der Waals surface area contributed by atoms with Gasteiger partial charge in [-0.05, 0) is 55.0 Å². The zero-order valence-corrected chi connectivity index (χ0v) is 18.8. The summed E-state index contributed by atoms with van der Waals surface area (Å²) in [5, 5.41) is 2.68. The molecule has 182 valence electrons. The maximum atomic E-state index is 13.6. The van der Waals surface area contributed by atoms with E-state index in [1.165, 1.54) is 34.9 Å². The van der Waals surface area contributed by atoms with Crippen LogP contribution in [-0.4, -0.2) is 38.0 Å². The van der Waals surface area contributed by atoms with E-state index in [-0.39, 0.29) is 17.2 Å². The largest absolute Gasteiger partial charge is 0.405 e. The van der Waals surface area contributed by atoms with Gasteiger partial charge in [0.25, 0.3) is 5.91 Å². The molecule has 7 nitrogen and oxygen atoms in total. The van der Waals surface area contributed by atoms with E-state index in [1.54, 1.807) is 12.3 Å². The van der Waals surface area contributed by atoms with E-state index >= 15 is 0 Å². The van der Waals surface area contributed by atoms with Gasteiger partial charge in [-0.2, -0.15) is 13.2 Å². The number of hydrogen-bond acceptors (Lipinski definition) is 5. The molecule has 11 heteroatoms. The van der Waals surface area contributed by atoms with Gasteiger partial charge in [0.15, 0.2) is 11.5 Å². The van der Waals surface area contributed by atoms with Crippen molar-refractivity contribution in [3.05, 3.63) is 78.0 Å². The van der Waals surface area contributed by atoms with Crippen LogP contribution >= 0.6 is 0 Å². The second-order valence-corrected chi connectivity index (χ2v) is 8.18. The Morgan fingerprint density at radius 1 is 1.06 bits per heavy atom. The van der Waals surface area contributed by atoms with Crippen molar-refractivity contribution in [3.63, 3.8) is 0 Å². The number of pyridine rings is 1. The summed E-state index contributed by atoms with van der Waals surface area (Å²) in [5.74, 6) is -1.50. The summed E-state index contributed by atoms with van der Waals surface area (Å²) in [5.41, 5.74) is 9.77. The van der Waals surface area contributed by atoms with Gasteiger partial charge in [-0.15, -0.1) is 0 Å². The average molecular weight is 494 g/mol. The summed E-state index contributed by atoms with van der Waals surface area (Å²) in [4.78, 5) is 25.4. The van der Waals surface area contributed by atoms with E-state index in [9.17, 15) is 22.4 Å². The molecule has 0 aliphatic rings. The van der Waals surface area contributed by atoms with Crippen LogP contribution < -0.4 is 11.1 Å². The van der Waals surface area contributed by atoms with Crippen LogP contribution in [0, 0.1) is 12.7 Å². The van der Waals surface area contributed by atoms with Crippen molar-refractivity contribution in [3.8, 4) is 22.5 Å². The van der Waals surface area contributed by atoms with Crippen LogP contribution in [0.1, 0.15) is 16.1 Å². The number of rotatable bonds is 4. The molecule has 36 heavy (non-hydrogen) atoms. The predicted octanol–water partition coefficient (Wildman–Crippen LogP) is 4.93. The number of anilines is 1. The Labute approximate surface area is 201 Å². The highest BCUT2D eigenvalue weighted by Gasteiger charge is 2.29. The molecule has 0 saturated carbocycles. The Bertz CT molecular complexity index is 1630. The van der Waals surface area contributed by atoms with Gasteiger partial charge in [-0.25, -0.2) is 14.4 Å². The number of aromatic nitrogens is 4. The van der Waals surface area contributed by atoms with Gasteiger partial charge in [0, 0.05) is 28.9 Å². The molecule has 0 unspecified atom stereocenters. The van der Waals surface area contributed by atoms with Gasteiger partial charge in [0.1, 0.15) is 18.1 Å². The van der Waals surface area contributed by atoms with Crippen LogP contribution in [0.4, 0.5) is 23.4 Å². The van der Waals surface area contributed by atoms with E-state index < -0.39 is 24.4 Å². The molecular weight excluding hydrogens is 476 g/mol. The number of fused-ring (bicyclic) bond motifs is 2. The number of nitrogens with zero attached hydrogens (tertiary/aromatic N) is 4. The van der Waals surface area contributed by atoms with E-state index in [0.717, 1.165) is 16.5 Å². The first-order valence-corrected chi connectivity index (χ1v) is 10.8. The highest BCUT2D eigenvalue weighted by atomic mass is 19.4. The molecular formula is C25H18F4N6O. The number of nitrogens with one attached hydrogen (secondary N) is 1. The van der Waals surface area contributed by atoms with E-state index in [1.807, 2.05) is 30.4 Å². The second kappa shape index (κ2) is 8.59. The minimum atomic E-state index is -4.58. The normalized spacial score (nSPS) is 11.8. The molecule has 0 fully saturated rings. The SMILES string of the molecule is Cc1ccnc2ccc(-c3c(-c4ccc(F)cc4)nc(N)c4nc(C(=O)NCC(F)(F)F)cn34)cc12. The molecule has 5 rings (SSSR count). The van der Waals surface area contributed by atoms with Gasteiger partial charge >= 0.3 is 6.18 Å². The highest BCUT2D eigenvalue weighted by Crippen LogP contribution is 2.35. The lowest BCUT2D eigenvalue weighted by molar-refractivity contribution is -0.123. The van der Waals surface area contributed by atoms with Gasteiger partial charge < -0.3 is 11.1 Å². The zero-order valence-electron chi connectivity index (χ0n) is 18.8. The Morgan fingerprint density at radius 2 is 1.78 bits per heavy atom. The molecule has 0 spiro atoms. The molecule has 2 aromatic carbocycles. The quantitative estimate of drug-likeness (QED) is 0.345. The molecule has 0 radical (unpaired) electrons. The standard InChI is InChI=1S/C25H18F4N6O/c1-13-8-9-31-18-7-4-15(10-17(13)18)21-20(14-2-5-16(26)6-3-14)34-22(30)23-33-19(11-35(21)23)24(36)32-12-25(27,28)29/h2-11H,12H2,1H3,(H2,30,34)(H,32,36). The first-order valence-electron chi connectivity index (χ1n) is 10.8. The van der Waals surface area contributed by atoms with Gasteiger partial charge in [0.05, 0.1) is 16.9 Å². The first kappa shape index (κ1) is 23.2. The molecule has 3 N–H and O–H groups in total. The molecule has 0 saturated heterocycles. The van der Waals surface area contributed by atoms with Crippen LogP contribution in [0.25, 0.3) is 39.1 Å². The number of amides is 1. The molecule has 0 aliphatic carbocycles. The summed E-state index contributed by atoms with van der Waals surface area (Å²) in [6.07, 6.45) is -1.57. The number of nitrogens with two attached hydrogens (primary N) is 1. The summed E-state index contributed by atoms with van der Waals surface area (Å²) in [7, 11) is 0. The van der Waals surface area contributed by atoms with Crippen molar-refractivity contribution in [2.75, 3.05) is 12.3 Å². The maximum absolute atomic E-state index is 13.6. The lowest BCUT2D eigenvalue weighted by Gasteiger charge is -2.14. The average Bonchev–Trinajstić information content (AvgIpc) is 3.29. The van der Waals surface area contributed by atoms with Crippen molar-refractivity contribution in [2.24, 2.45) is 0 Å². The lowest BCUT2D eigenvalue weighted by Crippen LogP contribution is -2.33. The fourth-order valence-corrected chi connectivity index (χ4v) is 3.97. The van der Waals surface area contributed by atoms with Crippen molar-refractivity contribution >= 4 is 28.3 Å². The Morgan fingerprint density at radius 3 is 2.50 bits per heavy atom. The molecule has 1 amide bonds. The first-order chi connectivity index (χ1) is 17.1. The summed E-state index contributed by atoms with van der Waals surface area (Å²) in [6, 6.07) is 13.0. The van der Waals surface area contributed by atoms with Gasteiger partial charge in [-0.3, -0.25) is 14.2 Å². The smallest absolute Gasteiger partial charge is 0.381 e. The van der Waals surface area contributed by atoms with Crippen LogP contribution in [0.2, 0.25) is 0 Å². The number of hydrogen-bond donors (Lipinski definition) is 2. The topological polar surface area (TPSA) is 98.2 Å². The van der Waals surface area contributed by atoms with Crippen LogP contribution in [0.15, 0.2) is 60.9 Å². The van der Waals surface area contributed by atoms with Crippen molar-refractivity contribution in [2.45, 2.75) is 13.1 Å². The molecule has 5 aromatic rings. The third-order valence-corrected chi connectivity index (χ3v) is 5.67. The minimum absolute atomic E-state index is 0.0495. The van der Waals surface area contributed by atoms with Crippen LogP contribution in [0.3, 0.4) is 0 Å². The van der Waals surface area contributed by atoms with Crippen molar-refractivity contribution in [1.29, 1.82) is 0 Å². The number of imidazole rings is 1. The summed E-state index contributed by atoms with van der Waals surface area (Å²) in [6.45, 7) is 0.434. The number of nitrogen functional groups attached to an aromatic ring is 1. The predicted molar refractivity (Wildman–Crippen MR) is 127 cm³/mol. The number of carbonyl (C=O) groups excluding carboxylic acids is 1. The molecule has 3 heterocycles. The van der Waals surface area contributed by atoms with Crippen molar-refractivity contribution in [1.82, 2.24) is 24.7 Å². The maximum Gasteiger partial charge on any atom is 0.405 e. The Balaban J connectivity index is 1.75. The van der Waals surface area contributed by atoms with E-state index in [0.29, 0.717) is 22.5 Å². The fraction of sp³-hybridized carbons (Fsp3) is 0.120. The summed E-state index contributed by atoms with van der Waals surface area (Å²) < 4.78 is 53.0. The van der Waals surface area contributed by atoms with Crippen LogP contribution in [-0.2, 0) is 0 Å². The Kier molecular flexibility index (Phi) is 5.54. The second-order valence-electron chi connectivity index (χ2n) is 8.18. The van der Waals surface area contributed by atoms with Gasteiger partial charge in [0.2, 0.25) is 0 Å². The summed E-state index contributed by atoms with van der Waals surface area (Å²) >= 11 is 0. The third-order valence-electron chi connectivity index (χ3n) is 5.67. The Hall–Kier alpha value is -4.54. The minimum Gasteiger partial charge on any atom is -0.381 e. The number of aryl methyl sites for hydroxylation is 1. The van der Waals surface area contributed by atoms with Gasteiger partial charge in [-0.1, -0.05) is 6.07 Å². The number of alkyl halides is 3. The fourth-order valence-electron chi connectivity index (χ4n) is 3.97. The molecule has 3 aromatic heterocycles. The molecule has 0 bridgehead atoms. The number of carbonyl (C=O) groups is 1. The molecule has 0 aliphatic heterocycles. The highest BCUT2D eigenvalue weighted by molar-refractivity contribution is 5.95.